The van der Waals surface area contributed by atoms with Gasteiger partial charge < -0.3 is 0 Å². The van der Waals surface area contributed by atoms with Crippen molar-refractivity contribution in [2.45, 2.75) is 24.2 Å². The minimum atomic E-state index is 0.713. The number of rotatable bonds is 6. The Morgan fingerprint density at radius 3 is 2.67 bits per heavy atom. The normalized spacial score (nSPS) is 13.6. The van der Waals surface area contributed by atoms with Crippen LogP contribution in [0.2, 0.25) is 0 Å². The van der Waals surface area contributed by atoms with Crippen molar-refractivity contribution in [1.29, 1.82) is 0 Å². The molecule has 4 rings (SSSR count). The second-order valence-electron chi connectivity index (χ2n) is 6.50. The summed E-state index contributed by atoms with van der Waals surface area (Å²) in [4.78, 5) is 0. The molecule has 3 aromatic rings. The van der Waals surface area contributed by atoms with Crippen molar-refractivity contribution in [3.63, 3.8) is 0 Å². The van der Waals surface area contributed by atoms with Crippen molar-refractivity contribution < 1.29 is 0 Å². The van der Waals surface area contributed by atoms with Crippen LogP contribution in [-0.4, -0.2) is 20.6 Å². The fraction of sp³-hybridized carbons (Fsp3) is 0.200. The van der Waals surface area contributed by atoms with E-state index in [9.17, 15) is 0 Å². The minimum absolute atomic E-state index is 0.713. The molecule has 1 aromatic heterocycles. The number of thioether (sulfide) groups is 1. The molecule has 0 bridgehead atoms. The van der Waals surface area contributed by atoms with Gasteiger partial charge in [-0.15, -0.1) is 22.4 Å². The number of amidine groups is 1. The van der Waals surface area contributed by atoms with Crippen molar-refractivity contribution >= 4 is 17.6 Å². The van der Waals surface area contributed by atoms with Gasteiger partial charge in [0.2, 0.25) is 0 Å². The number of hydrazine groups is 2. The molecular formula is C20H22N6S. The maximum atomic E-state index is 4.46. The largest absolute Gasteiger partial charge is 0.266 e. The number of hydrogen-bond acceptors (Lipinski definition) is 6. The van der Waals surface area contributed by atoms with Crippen LogP contribution in [0, 0.1) is 6.92 Å². The van der Waals surface area contributed by atoms with E-state index < -0.39 is 0 Å². The Labute approximate surface area is 163 Å². The zero-order valence-corrected chi connectivity index (χ0v) is 16.2. The van der Waals surface area contributed by atoms with E-state index >= 15 is 0 Å². The van der Waals surface area contributed by atoms with E-state index in [0.717, 1.165) is 22.2 Å². The highest BCUT2D eigenvalue weighted by molar-refractivity contribution is 7.98. The lowest BCUT2D eigenvalue weighted by atomic mass is 10.1. The molecule has 6 nitrogen and oxygen atoms in total. The molecule has 0 saturated heterocycles. The molecule has 0 saturated carbocycles. The molecule has 7 heteroatoms. The second-order valence-corrected chi connectivity index (χ2v) is 7.46. The van der Waals surface area contributed by atoms with Crippen molar-refractivity contribution in [2.75, 3.05) is 0 Å². The number of hydrogen-bond donors (Lipinski definition) is 2. The molecule has 1 aliphatic heterocycles. The number of aromatic nitrogens is 2. The van der Waals surface area contributed by atoms with Gasteiger partial charge in [-0.3, -0.25) is 9.69 Å². The highest BCUT2D eigenvalue weighted by atomic mass is 32.2. The molecule has 138 valence electrons. The van der Waals surface area contributed by atoms with Gasteiger partial charge in [-0.05, 0) is 18.1 Å². The molecule has 0 fully saturated rings. The third-order valence-electron chi connectivity index (χ3n) is 4.37. The van der Waals surface area contributed by atoms with Gasteiger partial charge in [0.15, 0.2) is 5.84 Å². The molecule has 0 unspecified atom stereocenters. The molecule has 27 heavy (non-hydrogen) atoms. The van der Waals surface area contributed by atoms with Crippen molar-refractivity contribution in [3.05, 3.63) is 83.0 Å². The summed E-state index contributed by atoms with van der Waals surface area (Å²) in [5.74, 6) is 1.74. The smallest absolute Gasteiger partial charge is 0.177 e. The van der Waals surface area contributed by atoms with E-state index in [1.807, 2.05) is 29.0 Å². The van der Waals surface area contributed by atoms with E-state index in [4.69, 9.17) is 0 Å². The summed E-state index contributed by atoms with van der Waals surface area (Å²) in [6, 6.07) is 19.0. The Bertz CT molecular complexity index is 950. The zero-order valence-electron chi connectivity index (χ0n) is 15.4. The first-order valence-corrected chi connectivity index (χ1v) is 9.80. The highest BCUT2D eigenvalue weighted by Gasteiger charge is 2.24. The maximum Gasteiger partial charge on any atom is 0.177 e. The first-order chi connectivity index (χ1) is 13.2. The average molecular weight is 379 g/mol. The number of nitrogens with zero attached hydrogens (tertiary/aromatic N) is 4. The van der Waals surface area contributed by atoms with Gasteiger partial charge in [0.05, 0.1) is 18.3 Å². The van der Waals surface area contributed by atoms with Crippen LogP contribution in [0.5, 0.6) is 0 Å². The van der Waals surface area contributed by atoms with Gasteiger partial charge in [-0.25, -0.2) is 5.53 Å². The molecule has 2 aromatic carbocycles. The highest BCUT2D eigenvalue weighted by Crippen LogP contribution is 2.27. The lowest BCUT2D eigenvalue weighted by Gasteiger charge is -2.19. The van der Waals surface area contributed by atoms with Crippen LogP contribution in [-0.2, 0) is 19.3 Å². The van der Waals surface area contributed by atoms with E-state index in [0.29, 0.717) is 6.54 Å². The van der Waals surface area contributed by atoms with E-state index in [2.05, 4.69) is 76.7 Å². The summed E-state index contributed by atoms with van der Waals surface area (Å²) in [6.07, 6.45) is 1.88. The SMILES string of the molecule is Cc1cccc(CN2NNN=C2c2cnn(C)c2SCc2ccccc2)c1. The fourth-order valence-corrected chi connectivity index (χ4v) is 4.07. The Morgan fingerprint density at radius 1 is 1.04 bits per heavy atom. The van der Waals surface area contributed by atoms with Crippen LogP contribution in [0.4, 0.5) is 0 Å². The van der Waals surface area contributed by atoms with E-state index in [-0.39, 0.29) is 0 Å². The van der Waals surface area contributed by atoms with Crippen LogP contribution in [0.3, 0.4) is 0 Å². The van der Waals surface area contributed by atoms with Crippen molar-refractivity contribution in [2.24, 2.45) is 12.1 Å². The van der Waals surface area contributed by atoms with Gasteiger partial charge in [0.1, 0.15) is 5.03 Å². The van der Waals surface area contributed by atoms with Gasteiger partial charge in [-0.1, -0.05) is 60.2 Å². The summed E-state index contributed by atoms with van der Waals surface area (Å²) in [5, 5.41) is 12.0. The van der Waals surface area contributed by atoms with Gasteiger partial charge in [0.25, 0.3) is 0 Å². The van der Waals surface area contributed by atoms with E-state index in [1.165, 1.54) is 16.7 Å². The zero-order chi connectivity index (χ0) is 18.6. The third-order valence-corrected chi connectivity index (χ3v) is 5.60. The summed E-state index contributed by atoms with van der Waals surface area (Å²) >= 11 is 1.77. The third kappa shape index (κ3) is 3.99. The average Bonchev–Trinajstić information content (AvgIpc) is 3.27. The quantitative estimate of drug-likeness (QED) is 0.645. The Morgan fingerprint density at radius 2 is 1.85 bits per heavy atom. The van der Waals surface area contributed by atoms with Crippen LogP contribution in [0.15, 0.2) is 70.9 Å². The van der Waals surface area contributed by atoms with Crippen LogP contribution in [0.25, 0.3) is 0 Å². The molecular weight excluding hydrogens is 356 g/mol. The Hall–Kier alpha value is -2.77. The first kappa shape index (κ1) is 17.6. The van der Waals surface area contributed by atoms with Crippen LogP contribution >= 0.6 is 11.8 Å². The number of aryl methyl sites for hydroxylation is 2. The molecule has 0 radical (unpaired) electrons. The molecule has 0 spiro atoms. The fourth-order valence-electron chi connectivity index (χ4n) is 3.04. The maximum absolute atomic E-state index is 4.46. The molecule has 0 aliphatic carbocycles. The Kier molecular flexibility index (Phi) is 5.13. The van der Waals surface area contributed by atoms with Gasteiger partial charge >= 0.3 is 0 Å². The minimum Gasteiger partial charge on any atom is -0.266 e. The van der Waals surface area contributed by atoms with Gasteiger partial charge in [0, 0.05) is 12.8 Å². The summed E-state index contributed by atoms with van der Waals surface area (Å²) in [6.45, 7) is 2.82. The predicted molar refractivity (Wildman–Crippen MR) is 109 cm³/mol. The molecule has 0 amide bonds. The first-order valence-electron chi connectivity index (χ1n) is 8.81. The van der Waals surface area contributed by atoms with E-state index in [1.54, 1.807) is 11.8 Å². The molecule has 2 N–H and O–H groups in total. The lowest BCUT2D eigenvalue weighted by Crippen LogP contribution is -2.40. The lowest BCUT2D eigenvalue weighted by molar-refractivity contribution is 0.287. The second kappa shape index (κ2) is 7.85. The molecule has 0 atom stereocenters. The topological polar surface area (TPSA) is 57.5 Å². The molecule has 2 heterocycles. The van der Waals surface area contributed by atoms with Crippen LogP contribution < -0.4 is 11.1 Å². The molecule has 1 aliphatic rings. The monoisotopic (exact) mass is 378 g/mol. The number of nitrogens with one attached hydrogen (secondary N) is 2. The van der Waals surface area contributed by atoms with Crippen LogP contribution in [0.1, 0.15) is 22.3 Å². The summed E-state index contributed by atoms with van der Waals surface area (Å²) in [7, 11) is 1.97. The van der Waals surface area contributed by atoms with Crippen molar-refractivity contribution in [1.82, 2.24) is 25.9 Å². The van der Waals surface area contributed by atoms with Crippen molar-refractivity contribution in [3.8, 4) is 0 Å². The standard InChI is InChI=1S/C20H22N6S/c1-15-7-6-10-17(11-15)13-26-19(22-23-24-26)18-12-21-25(2)20(18)27-14-16-8-4-3-5-9-16/h3-12,23-24H,13-14H2,1-2H3. The van der Waals surface area contributed by atoms with Gasteiger partial charge in [-0.2, -0.15) is 5.10 Å². The number of hydrazone groups is 1. The summed E-state index contributed by atoms with van der Waals surface area (Å²) in [5.41, 5.74) is 10.8. The summed E-state index contributed by atoms with van der Waals surface area (Å²) < 4.78 is 1.91. The number of benzene rings is 2. The predicted octanol–water partition coefficient (Wildman–Crippen LogP) is 3.21. The Balaban J connectivity index is 1.53.